The van der Waals surface area contributed by atoms with Crippen LogP contribution in [-0.4, -0.2) is 19.9 Å². The van der Waals surface area contributed by atoms with Crippen LogP contribution in [0.15, 0.2) is 78.9 Å². The van der Waals surface area contributed by atoms with Crippen LogP contribution in [0.3, 0.4) is 0 Å². The summed E-state index contributed by atoms with van der Waals surface area (Å²) in [6, 6.07) is 26.6. The molecule has 5 rings (SSSR count). The van der Waals surface area contributed by atoms with Crippen LogP contribution in [0.4, 0.5) is 5.69 Å². The van der Waals surface area contributed by atoms with E-state index in [0.717, 1.165) is 39.4 Å². The van der Waals surface area contributed by atoms with Crippen LogP contribution in [0, 0.1) is 0 Å². The van der Waals surface area contributed by atoms with E-state index in [1.165, 1.54) is 0 Å². The molecule has 5 aromatic rings. The van der Waals surface area contributed by atoms with Crippen LogP contribution in [0.2, 0.25) is 0 Å². The van der Waals surface area contributed by atoms with E-state index >= 15 is 0 Å². The number of anilines is 1. The van der Waals surface area contributed by atoms with E-state index in [1.54, 1.807) is 0 Å². The normalized spacial score (nSPS) is 10.9. The molecule has 0 saturated heterocycles. The van der Waals surface area contributed by atoms with Crippen molar-refractivity contribution in [3.05, 3.63) is 90.5 Å². The largest absolute Gasteiger partial charge is 0.357 e. The molecule has 2 heterocycles. The maximum absolute atomic E-state index is 4.73. The molecule has 0 atom stereocenters. The van der Waals surface area contributed by atoms with Gasteiger partial charge in [-0.2, -0.15) is 0 Å². The summed E-state index contributed by atoms with van der Waals surface area (Å²) < 4.78 is 0. The van der Waals surface area contributed by atoms with E-state index < -0.39 is 0 Å². The van der Waals surface area contributed by atoms with Gasteiger partial charge in [-0.3, -0.25) is 0 Å². The third kappa shape index (κ3) is 3.66. The van der Waals surface area contributed by atoms with Crippen molar-refractivity contribution < 1.29 is 17.4 Å². The molecular weight excluding hydrogens is 386 g/mol. The summed E-state index contributed by atoms with van der Waals surface area (Å²) in [5.41, 5.74) is 5.24. The Kier molecular flexibility index (Phi) is 5.16. The van der Waals surface area contributed by atoms with E-state index in [0.29, 0.717) is 13.1 Å². The summed E-state index contributed by atoms with van der Waals surface area (Å²) in [5.74, 6) is 1.88. The topological polar surface area (TPSA) is 60.6 Å². The minimum Gasteiger partial charge on any atom is -0.357 e. The van der Waals surface area contributed by atoms with Crippen molar-refractivity contribution in [2.75, 3.05) is 4.90 Å². The van der Waals surface area contributed by atoms with E-state index in [9.17, 15) is 0 Å². The van der Waals surface area contributed by atoms with E-state index in [1.807, 2.05) is 42.5 Å². The average molecular weight is 405 g/mol. The summed E-state index contributed by atoms with van der Waals surface area (Å²) in [6.07, 6.45) is 0. The van der Waals surface area contributed by atoms with Crippen LogP contribution in [0.25, 0.3) is 22.1 Å². The Balaban J connectivity index is 0.00000192. The number of hydrogen-bond donors (Lipinski definition) is 2. The van der Waals surface area contributed by atoms with Crippen molar-refractivity contribution >= 4 is 27.8 Å². The number of nitrogens with zero attached hydrogens (tertiary/aromatic N) is 3. The molecule has 138 valence electrons. The minimum atomic E-state index is 0. The van der Waals surface area contributed by atoms with Gasteiger partial charge in [-0.25, -0.2) is 9.97 Å². The second-order valence-corrected chi connectivity index (χ2v) is 6.59. The Labute approximate surface area is 173 Å². The third-order valence-corrected chi connectivity index (χ3v) is 4.68. The number of rotatable bonds is 5. The number of nitrogens with one attached hydrogen (secondary N) is 2. The first kappa shape index (κ1) is 18.3. The Bertz CT molecular complexity index is 1050. The Morgan fingerprint density at radius 2 is 1.07 bits per heavy atom. The molecule has 5 nitrogen and oxygen atoms in total. The number of aromatic nitrogens is 4. The minimum absolute atomic E-state index is 0. The first-order valence-corrected chi connectivity index (χ1v) is 9.02. The van der Waals surface area contributed by atoms with E-state index in [-0.39, 0.29) is 17.4 Å². The predicted octanol–water partition coefficient (Wildman–Crippen LogP) is 4.64. The fourth-order valence-corrected chi connectivity index (χ4v) is 3.40. The molecule has 0 aliphatic rings. The molecule has 0 aliphatic carbocycles. The van der Waals surface area contributed by atoms with Gasteiger partial charge in [0.2, 0.25) is 0 Å². The average Bonchev–Trinajstić information content (AvgIpc) is 3.30. The van der Waals surface area contributed by atoms with Gasteiger partial charge in [-0.1, -0.05) is 42.5 Å². The second-order valence-electron chi connectivity index (χ2n) is 6.59. The SMILES string of the molecule is [Cr].c1ccc(N(Cc2nc3ccccc3[nH]2)Cc2nc3ccccc3[nH]2)cc1. The van der Waals surface area contributed by atoms with Crippen molar-refractivity contribution in [3.8, 4) is 0 Å². The molecule has 2 N–H and O–H groups in total. The van der Waals surface area contributed by atoms with Gasteiger partial charge in [0.1, 0.15) is 11.6 Å². The number of imidazole rings is 2. The summed E-state index contributed by atoms with van der Waals surface area (Å²) in [7, 11) is 0. The maximum Gasteiger partial charge on any atom is 0.126 e. The van der Waals surface area contributed by atoms with Gasteiger partial charge >= 0.3 is 0 Å². The third-order valence-electron chi connectivity index (χ3n) is 4.68. The van der Waals surface area contributed by atoms with Gasteiger partial charge in [0.25, 0.3) is 0 Å². The number of fused-ring (bicyclic) bond motifs is 2. The molecule has 0 bridgehead atoms. The van der Waals surface area contributed by atoms with Gasteiger partial charge in [0.15, 0.2) is 0 Å². The number of hydrogen-bond acceptors (Lipinski definition) is 3. The van der Waals surface area contributed by atoms with Gasteiger partial charge < -0.3 is 14.9 Å². The molecule has 2 aromatic heterocycles. The first-order valence-electron chi connectivity index (χ1n) is 9.02. The second kappa shape index (κ2) is 7.89. The quantitative estimate of drug-likeness (QED) is 0.448. The van der Waals surface area contributed by atoms with Crippen molar-refractivity contribution in [3.63, 3.8) is 0 Å². The molecule has 6 heteroatoms. The van der Waals surface area contributed by atoms with Crippen LogP contribution in [0.5, 0.6) is 0 Å². The van der Waals surface area contributed by atoms with Crippen LogP contribution in [0.1, 0.15) is 11.6 Å². The fourth-order valence-electron chi connectivity index (χ4n) is 3.40. The predicted molar refractivity (Wildman–Crippen MR) is 109 cm³/mol. The first-order chi connectivity index (χ1) is 13.3. The molecular formula is C22H19CrN5. The molecule has 0 amide bonds. The van der Waals surface area contributed by atoms with Crippen molar-refractivity contribution in [1.29, 1.82) is 0 Å². The van der Waals surface area contributed by atoms with Crippen molar-refractivity contribution in [2.24, 2.45) is 0 Å². The standard InChI is InChI=1S/C22H19N5.Cr/c1-2-8-16(9-3-1)27(14-21-23-17-10-4-5-11-18(17)24-21)15-22-25-19-12-6-7-13-20(19)26-22;/h1-13H,14-15H2,(H,23,24)(H,25,26);. The summed E-state index contributed by atoms with van der Waals surface area (Å²) in [6.45, 7) is 1.35. The number of benzene rings is 3. The van der Waals surface area contributed by atoms with Gasteiger partial charge in [0.05, 0.1) is 35.2 Å². The molecule has 0 spiro atoms. The smallest absolute Gasteiger partial charge is 0.126 e. The molecule has 28 heavy (non-hydrogen) atoms. The maximum atomic E-state index is 4.73. The molecule has 0 aliphatic heterocycles. The zero-order valence-corrected chi connectivity index (χ0v) is 16.4. The van der Waals surface area contributed by atoms with Crippen LogP contribution < -0.4 is 4.90 Å². The Morgan fingerprint density at radius 1 is 0.607 bits per heavy atom. The van der Waals surface area contributed by atoms with E-state index in [2.05, 4.69) is 51.3 Å². The summed E-state index contributed by atoms with van der Waals surface area (Å²) in [4.78, 5) is 18.6. The van der Waals surface area contributed by atoms with Crippen LogP contribution in [-0.2, 0) is 30.5 Å². The summed E-state index contributed by atoms with van der Waals surface area (Å²) >= 11 is 0. The molecule has 0 unspecified atom stereocenters. The zero-order valence-electron chi connectivity index (χ0n) is 15.2. The van der Waals surface area contributed by atoms with Gasteiger partial charge in [0, 0.05) is 23.0 Å². The molecule has 0 saturated carbocycles. The number of aromatic amines is 2. The van der Waals surface area contributed by atoms with E-state index in [4.69, 9.17) is 9.97 Å². The van der Waals surface area contributed by atoms with Crippen molar-refractivity contribution in [2.45, 2.75) is 13.1 Å². The monoisotopic (exact) mass is 405 g/mol. The van der Waals surface area contributed by atoms with Crippen LogP contribution >= 0.6 is 0 Å². The molecule has 3 aromatic carbocycles. The van der Waals surface area contributed by atoms with Gasteiger partial charge in [-0.05, 0) is 36.4 Å². The van der Waals surface area contributed by atoms with Crippen molar-refractivity contribution in [1.82, 2.24) is 19.9 Å². The fraction of sp³-hybridized carbons (Fsp3) is 0.0909. The Morgan fingerprint density at radius 3 is 1.57 bits per heavy atom. The molecule has 0 radical (unpaired) electrons. The number of para-hydroxylation sites is 5. The number of H-pyrrole nitrogens is 2. The Hall–Kier alpha value is -3.07. The molecule has 0 fully saturated rings. The zero-order chi connectivity index (χ0) is 18.1. The summed E-state index contributed by atoms with van der Waals surface area (Å²) in [5, 5.41) is 0. The van der Waals surface area contributed by atoms with Gasteiger partial charge in [-0.15, -0.1) is 0 Å².